The molecule has 0 aliphatic heterocycles. The summed E-state index contributed by atoms with van der Waals surface area (Å²) in [7, 11) is 0. The summed E-state index contributed by atoms with van der Waals surface area (Å²) in [6.07, 6.45) is 10.2. The molecule has 1 saturated carbocycles. The van der Waals surface area contributed by atoms with E-state index in [-0.39, 0.29) is 11.5 Å². The van der Waals surface area contributed by atoms with Crippen LogP contribution in [0.1, 0.15) is 66.2 Å². The van der Waals surface area contributed by atoms with Crippen molar-refractivity contribution in [2.75, 3.05) is 0 Å². The predicted octanol–water partition coefficient (Wildman–Crippen LogP) is 4.57. The van der Waals surface area contributed by atoms with Crippen molar-refractivity contribution in [1.29, 1.82) is 0 Å². The van der Waals surface area contributed by atoms with E-state index in [2.05, 4.69) is 19.9 Å². The van der Waals surface area contributed by atoms with Gasteiger partial charge in [-0.15, -0.1) is 0 Å². The molecule has 5 atom stereocenters. The fraction of sp³-hybridized carbons (Fsp3) is 0.750. The normalized spacial score (nSPS) is 36.1. The van der Waals surface area contributed by atoms with Crippen molar-refractivity contribution in [3.63, 3.8) is 0 Å². The van der Waals surface area contributed by atoms with Crippen molar-refractivity contribution in [3.05, 3.63) is 23.3 Å². The lowest BCUT2D eigenvalue weighted by molar-refractivity contribution is -0.132. The fourth-order valence-electron chi connectivity index (χ4n) is 4.87. The standard InChI is InChI=1S/C20H32O3/c1-13(6-5-7-15(3)19(22)23)17-9-8-16(4)20(17)11-10-14(2)18(21)12-20/h7,10,13,16-18,21H,5-6,8-9,11-12H2,1-4H3,(H,22,23). The van der Waals surface area contributed by atoms with E-state index in [1.807, 2.05) is 13.0 Å². The van der Waals surface area contributed by atoms with Crippen LogP contribution in [0.3, 0.4) is 0 Å². The van der Waals surface area contributed by atoms with E-state index in [1.54, 1.807) is 6.92 Å². The second-order valence-corrected chi connectivity index (χ2v) is 7.94. The van der Waals surface area contributed by atoms with Crippen molar-refractivity contribution in [3.8, 4) is 0 Å². The molecule has 2 N–H and O–H groups in total. The first-order valence-electron chi connectivity index (χ1n) is 9.02. The highest BCUT2D eigenvalue weighted by molar-refractivity contribution is 5.85. The van der Waals surface area contributed by atoms with Gasteiger partial charge in [-0.1, -0.05) is 26.0 Å². The lowest BCUT2D eigenvalue weighted by Gasteiger charge is -2.45. The molecule has 0 saturated heterocycles. The highest BCUT2D eigenvalue weighted by Gasteiger charge is 2.50. The van der Waals surface area contributed by atoms with Crippen LogP contribution in [0.4, 0.5) is 0 Å². The molecular weight excluding hydrogens is 288 g/mol. The van der Waals surface area contributed by atoms with Crippen LogP contribution in [0.5, 0.6) is 0 Å². The zero-order chi connectivity index (χ0) is 17.2. The van der Waals surface area contributed by atoms with Crippen molar-refractivity contribution >= 4 is 5.97 Å². The monoisotopic (exact) mass is 320 g/mol. The number of aliphatic hydroxyl groups excluding tert-OH is 1. The van der Waals surface area contributed by atoms with E-state index < -0.39 is 5.97 Å². The van der Waals surface area contributed by atoms with Crippen LogP contribution >= 0.6 is 0 Å². The number of rotatable bonds is 5. The van der Waals surface area contributed by atoms with Crippen LogP contribution in [0, 0.1) is 23.2 Å². The number of carbonyl (C=O) groups is 1. The molecule has 2 aliphatic carbocycles. The number of carboxylic acids is 1. The third-order valence-electron chi connectivity index (χ3n) is 6.63. The molecule has 1 spiro atoms. The van der Waals surface area contributed by atoms with Gasteiger partial charge in [-0.25, -0.2) is 4.79 Å². The number of allylic oxidation sites excluding steroid dienone is 2. The number of aliphatic hydroxyl groups is 1. The van der Waals surface area contributed by atoms with Crippen molar-refractivity contribution in [2.45, 2.75) is 72.3 Å². The van der Waals surface area contributed by atoms with Crippen molar-refractivity contribution < 1.29 is 15.0 Å². The maximum atomic E-state index is 10.9. The smallest absolute Gasteiger partial charge is 0.330 e. The first kappa shape index (κ1) is 18.3. The Morgan fingerprint density at radius 2 is 2.17 bits per heavy atom. The van der Waals surface area contributed by atoms with Gasteiger partial charge in [0.25, 0.3) is 0 Å². The maximum Gasteiger partial charge on any atom is 0.330 e. The number of hydrogen-bond donors (Lipinski definition) is 2. The first-order valence-corrected chi connectivity index (χ1v) is 9.02. The maximum absolute atomic E-state index is 10.9. The molecule has 130 valence electrons. The second kappa shape index (κ2) is 7.21. The van der Waals surface area contributed by atoms with Crippen molar-refractivity contribution in [2.24, 2.45) is 23.2 Å². The van der Waals surface area contributed by atoms with Gasteiger partial charge in [0.2, 0.25) is 0 Å². The molecule has 0 amide bonds. The third-order valence-corrected chi connectivity index (χ3v) is 6.63. The summed E-state index contributed by atoms with van der Waals surface area (Å²) in [5, 5.41) is 19.3. The molecule has 2 aliphatic rings. The van der Waals surface area contributed by atoms with Gasteiger partial charge in [-0.05, 0) is 81.1 Å². The Bertz CT molecular complexity index is 505. The Balaban J connectivity index is 2.06. The molecule has 5 unspecified atom stereocenters. The number of aliphatic carboxylic acids is 1. The first-order chi connectivity index (χ1) is 10.8. The Morgan fingerprint density at radius 1 is 1.48 bits per heavy atom. The van der Waals surface area contributed by atoms with E-state index >= 15 is 0 Å². The molecule has 2 rings (SSSR count). The lowest BCUT2D eigenvalue weighted by Crippen LogP contribution is -2.40. The highest BCUT2D eigenvalue weighted by atomic mass is 16.4. The summed E-state index contributed by atoms with van der Waals surface area (Å²) >= 11 is 0. The molecule has 3 nitrogen and oxygen atoms in total. The zero-order valence-corrected chi connectivity index (χ0v) is 15.0. The highest BCUT2D eigenvalue weighted by Crippen LogP contribution is 2.58. The zero-order valence-electron chi connectivity index (χ0n) is 15.0. The van der Waals surface area contributed by atoms with Gasteiger partial charge in [-0.2, -0.15) is 0 Å². The summed E-state index contributed by atoms with van der Waals surface area (Å²) in [5.74, 6) is 1.04. The predicted molar refractivity (Wildman–Crippen MR) is 93.1 cm³/mol. The van der Waals surface area contributed by atoms with E-state index in [0.29, 0.717) is 23.3 Å². The van der Waals surface area contributed by atoms with Crippen LogP contribution in [-0.2, 0) is 4.79 Å². The average molecular weight is 320 g/mol. The van der Waals surface area contributed by atoms with Crippen molar-refractivity contribution in [1.82, 2.24) is 0 Å². The molecule has 0 aromatic carbocycles. The van der Waals surface area contributed by atoms with Gasteiger partial charge < -0.3 is 10.2 Å². The molecule has 3 heteroatoms. The SMILES string of the molecule is CC(=CCCC(C)C1CCC(C)C12CC=C(C)C(O)C2)C(=O)O. The summed E-state index contributed by atoms with van der Waals surface area (Å²) in [4.78, 5) is 10.9. The molecule has 23 heavy (non-hydrogen) atoms. The van der Waals surface area contributed by atoms with Crippen LogP contribution in [0.25, 0.3) is 0 Å². The minimum atomic E-state index is -0.820. The van der Waals surface area contributed by atoms with E-state index in [4.69, 9.17) is 5.11 Å². The molecule has 1 fully saturated rings. The Hall–Kier alpha value is -1.09. The summed E-state index contributed by atoms with van der Waals surface area (Å²) in [6, 6.07) is 0. The largest absolute Gasteiger partial charge is 0.478 e. The average Bonchev–Trinajstić information content (AvgIpc) is 2.80. The van der Waals surface area contributed by atoms with Gasteiger partial charge in [0.05, 0.1) is 6.10 Å². The molecule has 0 radical (unpaired) electrons. The minimum Gasteiger partial charge on any atom is -0.478 e. The molecule has 0 aromatic rings. The molecular formula is C20H32O3. The van der Waals surface area contributed by atoms with E-state index in [1.165, 1.54) is 12.8 Å². The minimum absolute atomic E-state index is 0.240. The third kappa shape index (κ3) is 3.71. The number of carboxylic acid groups (broad SMARTS) is 1. The van der Waals surface area contributed by atoms with Gasteiger partial charge in [-0.3, -0.25) is 0 Å². The quantitative estimate of drug-likeness (QED) is 0.576. The summed E-state index contributed by atoms with van der Waals surface area (Å²) in [5.41, 5.74) is 1.81. The van der Waals surface area contributed by atoms with Crippen LogP contribution in [-0.4, -0.2) is 22.3 Å². The lowest BCUT2D eigenvalue weighted by atomic mass is 9.60. The summed E-state index contributed by atoms with van der Waals surface area (Å²) in [6.45, 7) is 8.36. The Morgan fingerprint density at radius 3 is 2.78 bits per heavy atom. The van der Waals surface area contributed by atoms with Gasteiger partial charge >= 0.3 is 5.97 Å². The number of hydrogen-bond acceptors (Lipinski definition) is 2. The molecule has 0 aromatic heterocycles. The van der Waals surface area contributed by atoms with Gasteiger partial charge in [0, 0.05) is 5.57 Å². The fourth-order valence-corrected chi connectivity index (χ4v) is 4.87. The summed E-state index contributed by atoms with van der Waals surface area (Å²) < 4.78 is 0. The van der Waals surface area contributed by atoms with Crippen LogP contribution in [0.2, 0.25) is 0 Å². The molecule has 0 heterocycles. The topological polar surface area (TPSA) is 57.5 Å². The van der Waals surface area contributed by atoms with Gasteiger partial charge in [0.15, 0.2) is 0 Å². The Labute approximate surface area is 140 Å². The second-order valence-electron chi connectivity index (χ2n) is 7.94. The van der Waals surface area contributed by atoms with Crippen LogP contribution < -0.4 is 0 Å². The van der Waals surface area contributed by atoms with E-state index in [0.717, 1.165) is 31.3 Å². The van der Waals surface area contributed by atoms with E-state index in [9.17, 15) is 9.90 Å². The molecule has 0 bridgehead atoms. The Kier molecular flexibility index (Phi) is 5.72. The van der Waals surface area contributed by atoms with Crippen LogP contribution in [0.15, 0.2) is 23.3 Å². The van der Waals surface area contributed by atoms with Gasteiger partial charge in [0.1, 0.15) is 0 Å².